The minimum atomic E-state index is -4.46. The lowest BCUT2D eigenvalue weighted by Crippen LogP contribution is -2.43. The third-order valence-electron chi connectivity index (χ3n) is 7.24. The number of oxazole rings is 1. The fourth-order valence-corrected chi connectivity index (χ4v) is 6.44. The molecule has 1 aliphatic carbocycles. The van der Waals surface area contributed by atoms with Gasteiger partial charge in [0.05, 0.1) is 17.1 Å². The van der Waals surface area contributed by atoms with E-state index in [0.29, 0.717) is 24.8 Å². The van der Waals surface area contributed by atoms with E-state index in [-0.39, 0.29) is 35.3 Å². The Morgan fingerprint density at radius 2 is 1.88 bits per heavy atom. The molecule has 0 bridgehead atoms. The molecule has 0 saturated heterocycles. The summed E-state index contributed by atoms with van der Waals surface area (Å²) in [4.78, 5) is 30.0. The summed E-state index contributed by atoms with van der Waals surface area (Å²) < 4.78 is 89.6. The highest BCUT2D eigenvalue weighted by atomic mass is 32.2. The molecule has 1 saturated carbocycles. The summed E-state index contributed by atoms with van der Waals surface area (Å²) in [5, 5.41) is 6.89. The number of nitrogens with zero attached hydrogens (tertiary/aromatic N) is 4. The zero-order valence-electron chi connectivity index (χ0n) is 22.8. The third-order valence-corrected chi connectivity index (χ3v) is 8.61. The zero-order valence-corrected chi connectivity index (χ0v) is 23.6. The first-order valence-electron chi connectivity index (χ1n) is 12.8. The van der Waals surface area contributed by atoms with Crippen molar-refractivity contribution in [2.24, 2.45) is 0 Å². The SMILES string of the molecule is CN(C)[C@H]1C[C@@H](c2cccc(C(F)(F)F)c2)CC[C@@H]1n1c(=O)oc2cc(S(=O)(=O)Nc3ccncn3)c(F)cc21.O=CO. The van der Waals surface area contributed by atoms with Gasteiger partial charge in [0.2, 0.25) is 0 Å². The van der Waals surface area contributed by atoms with E-state index in [1.807, 2.05) is 4.90 Å². The second kappa shape index (κ2) is 12.5. The molecule has 0 spiro atoms. The number of sulfonamides is 1. The Balaban J connectivity index is 0.00000135. The largest absolute Gasteiger partial charge is 0.483 e. The van der Waals surface area contributed by atoms with Crippen LogP contribution >= 0.6 is 0 Å². The van der Waals surface area contributed by atoms with Crippen molar-refractivity contribution in [1.29, 1.82) is 0 Å². The van der Waals surface area contributed by atoms with E-state index in [1.54, 1.807) is 20.2 Å². The predicted molar refractivity (Wildman–Crippen MR) is 147 cm³/mol. The van der Waals surface area contributed by atoms with E-state index in [4.69, 9.17) is 14.3 Å². The lowest BCUT2D eigenvalue weighted by atomic mass is 9.77. The normalized spacial score (nSPS) is 19.1. The summed E-state index contributed by atoms with van der Waals surface area (Å²) in [6, 6.07) is 7.62. The standard InChI is InChI=1S/C26H25F4N5O4S.CH2O2/c1-34(2)20-11-16(15-4-3-5-17(10-15)26(28,29)30)6-7-19(20)35-21-12-18(27)23(13-22(21)39-25(35)36)40(37,38)33-24-8-9-31-14-32-24;2-1-3/h3-5,8-10,12-14,16,19-20H,6-7,11H2,1-2H3,(H,31,32,33);1H,(H,2,3)/t16-,19-,20-;/m0./s1. The smallest absolute Gasteiger partial charge is 0.420 e. The fourth-order valence-electron chi connectivity index (χ4n) is 5.36. The van der Waals surface area contributed by atoms with Crippen molar-refractivity contribution in [3.05, 3.63) is 82.5 Å². The van der Waals surface area contributed by atoms with Crippen LogP contribution in [0.5, 0.6) is 0 Å². The molecule has 4 aromatic rings. The van der Waals surface area contributed by atoms with Crippen LogP contribution in [-0.2, 0) is 21.0 Å². The summed E-state index contributed by atoms with van der Waals surface area (Å²) in [7, 11) is -0.825. The first kappa shape index (κ1) is 31.6. The molecule has 2 aromatic carbocycles. The van der Waals surface area contributed by atoms with Gasteiger partial charge in [-0.25, -0.2) is 27.6 Å². The number of hydrogen-bond donors (Lipinski definition) is 2. The average molecular weight is 626 g/mol. The lowest BCUT2D eigenvalue weighted by molar-refractivity contribution is -0.137. The maximum Gasteiger partial charge on any atom is 0.420 e. The molecule has 1 aliphatic rings. The number of aromatic nitrogens is 3. The molecule has 5 rings (SSSR count). The molecule has 230 valence electrons. The predicted octanol–water partition coefficient (Wildman–Crippen LogP) is 4.48. The summed E-state index contributed by atoms with van der Waals surface area (Å²) in [6.07, 6.45) is -0.706. The third kappa shape index (κ3) is 6.85. The highest BCUT2D eigenvalue weighted by Crippen LogP contribution is 2.42. The number of rotatable bonds is 6. The number of hydrogen-bond acceptors (Lipinski definition) is 8. The fraction of sp³-hybridized carbons (Fsp3) is 0.333. The van der Waals surface area contributed by atoms with Crippen molar-refractivity contribution in [2.75, 3.05) is 18.8 Å². The van der Waals surface area contributed by atoms with Crippen molar-refractivity contribution in [3.63, 3.8) is 0 Å². The number of halogens is 4. The van der Waals surface area contributed by atoms with Gasteiger partial charge in [-0.1, -0.05) is 18.2 Å². The van der Waals surface area contributed by atoms with Crippen molar-refractivity contribution in [3.8, 4) is 0 Å². The van der Waals surface area contributed by atoms with E-state index in [1.165, 1.54) is 22.9 Å². The Kier molecular flexibility index (Phi) is 9.20. The summed E-state index contributed by atoms with van der Waals surface area (Å²) in [5.74, 6) is -2.15. The van der Waals surface area contributed by atoms with Gasteiger partial charge in [-0.15, -0.1) is 0 Å². The minimum Gasteiger partial charge on any atom is -0.483 e. The van der Waals surface area contributed by atoms with Gasteiger partial charge in [-0.3, -0.25) is 14.1 Å². The highest BCUT2D eigenvalue weighted by molar-refractivity contribution is 7.92. The number of alkyl halides is 3. The van der Waals surface area contributed by atoms with Crippen molar-refractivity contribution in [2.45, 2.75) is 48.3 Å². The molecule has 0 amide bonds. The van der Waals surface area contributed by atoms with E-state index < -0.39 is 44.3 Å². The molecule has 11 nitrogen and oxygen atoms in total. The van der Waals surface area contributed by atoms with Gasteiger partial charge in [0.1, 0.15) is 22.9 Å². The second-order valence-electron chi connectivity index (χ2n) is 10.0. The van der Waals surface area contributed by atoms with Crippen LogP contribution in [-0.4, -0.2) is 59.6 Å². The van der Waals surface area contributed by atoms with E-state index in [2.05, 4.69) is 14.7 Å². The zero-order chi connectivity index (χ0) is 31.5. The Labute approximate surface area is 242 Å². The molecule has 2 heterocycles. The van der Waals surface area contributed by atoms with Gasteiger partial charge in [0.25, 0.3) is 16.5 Å². The topological polar surface area (TPSA) is 148 Å². The molecular weight excluding hydrogens is 598 g/mol. The Bertz CT molecular complexity index is 1760. The Hall–Kier alpha value is -4.31. The van der Waals surface area contributed by atoms with Gasteiger partial charge in [-0.2, -0.15) is 13.2 Å². The van der Waals surface area contributed by atoms with Crippen LogP contribution in [0.2, 0.25) is 0 Å². The lowest BCUT2D eigenvalue weighted by Gasteiger charge is -2.40. The Morgan fingerprint density at radius 3 is 2.51 bits per heavy atom. The quantitative estimate of drug-likeness (QED) is 0.234. The van der Waals surface area contributed by atoms with Gasteiger partial charge in [0, 0.05) is 24.4 Å². The van der Waals surface area contributed by atoms with Gasteiger partial charge >= 0.3 is 11.9 Å². The second-order valence-corrected chi connectivity index (χ2v) is 11.7. The van der Waals surface area contributed by atoms with E-state index in [0.717, 1.165) is 30.6 Å². The van der Waals surface area contributed by atoms with Crippen molar-refractivity contribution < 1.29 is 40.3 Å². The van der Waals surface area contributed by atoms with Crippen molar-refractivity contribution in [1.82, 2.24) is 19.4 Å². The van der Waals surface area contributed by atoms with E-state index in [9.17, 15) is 26.4 Å². The monoisotopic (exact) mass is 625 g/mol. The molecular formula is C27H27F4N5O6S. The number of anilines is 1. The molecule has 3 atom stereocenters. The molecule has 16 heteroatoms. The molecule has 0 radical (unpaired) electrons. The summed E-state index contributed by atoms with van der Waals surface area (Å²) in [6.45, 7) is -0.250. The molecule has 2 aromatic heterocycles. The number of carbonyl (C=O) groups is 1. The van der Waals surface area contributed by atoms with Crippen LogP contribution in [0.15, 0.2) is 69.1 Å². The number of fused-ring (bicyclic) bond motifs is 1. The van der Waals surface area contributed by atoms with Crippen LogP contribution in [0, 0.1) is 5.82 Å². The van der Waals surface area contributed by atoms with E-state index >= 15 is 4.39 Å². The number of likely N-dealkylation sites (N-methyl/N-ethyl adjacent to an activating group) is 1. The number of benzene rings is 2. The molecule has 43 heavy (non-hydrogen) atoms. The minimum absolute atomic E-state index is 0.0696. The van der Waals surface area contributed by atoms with Gasteiger partial charge in [-0.05, 0) is 57.0 Å². The van der Waals surface area contributed by atoms with Crippen LogP contribution < -0.4 is 10.5 Å². The maximum absolute atomic E-state index is 15.2. The molecule has 0 aliphatic heterocycles. The van der Waals surface area contributed by atoms with Crippen molar-refractivity contribution >= 4 is 33.4 Å². The molecule has 1 fully saturated rings. The number of nitrogens with one attached hydrogen (secondary N) is 1. The first-order valence-corrected chi connectivity index (χ1v) is 14.3. The van der Waals surface area contributed by atoms with Crippen LogP contribution in [0.4, 0.5) is 23.4 Å². The highest BCUT2D eigenvalue weighted by Gasteiger charge is 2.37. The van der Waals surface area contributed by atoms with Crippen LogP contribution in [0.1, 0.15) is 42.3 Å². The number of carboxylic acid groups (broad SMARTS) is 1. The molecule has 2 N–H and O–H groups in total. The summed E-state index contributed by atoms with van der Waals surface area (Å²) >= 11 is 0. The van der Waals surface area contributed by atoms with Crippen LogP contribution in [0.25, 0.3) is 11.1 Å². The Morgan fingerprint density at radius 1 is 1.16 bits per heavy atom. The van der Waals surface area contributed by atoms with Gasteiger partial charge in [0.15, 0.2) is 5.58 Å². The first-order chi connectivity index (χ1) is 20.3. The summed E-state index contributed by atoms with van der Waals surface area (Å²) in [5.41, 5.74) is -0.201. The van der Waals surface area contributed by atoms with Gasteiger partial charge < -0.3 is 14.4 Å². The maximum atomic E-state index is 15.2. The molecule has 0 unspecified atom stereocenters. The van der Waals surface area contributed by atoms with Crippen LogP contribution in [0.3, 0.4) is 0 Å². The average Bonchev–Trinajstić information content (AvgIpc) is 3.26.